The summed E-state index contributed by atoms with van der Waals surface area (Å²) in [4.78, 5) is 39.6. The normalized spacial score (nSPS) is 10.6. The number of benzene rings is 3. The molecule has 3 aromatic carbocycles. The Hall–Kier alpha value is -4.99. The third-order valence-electron chi connectivity index (χ3n) is 6.07. The molecule has 0 fully saturated rings. The molecule has 0 radical (unpaired) electrons. The Morgan fingerprint density at radius 1 is 0.925 bits per heavy atom. The summed E-state index contributed by atoms with van der Waals surface area (Å²) in [5.74, 6) is -0.638. The molecule has 4 aromatic rings. The SMILES string of the molecule is CCOC(=O)c1c(C(=O)c2cc(C)cc(C)c2NC(=O)OCc2ccccc2)nnn1Cc1ccc(OC)cc1. The molecule has 0 saturated heterocycles. The molecule has 4 rings (SSSR count). The quantitative estimate of drug-likeness (QED) is 0.217. The van der Waals surface area contributed by atoms with Crippen molar-refractivity contribution < 1.29 is 28.6 Å². The van der Waals surface area contributed by atoms with Crippen molar-refractivity contribution in [2.45, 2.75) is 33.9 Å². The molecule has 0 unspecified atom stereocenters. The standard InChI is InChI=1S/C30H30N4O6/c1-5-39-29(36)27-26(32-33-34(27)17-21-11-13-23(38-4)14-12-21)28(35)24-16-19(2)15-20(3)25(24)31-30(37)40-18-22-9-7-6-8-10-22/h6-16H,5,17-18H2,1-4H3,(H,31,37). The number of carbonyl (C=O) groups excluding carboxylic acids is 3. The Balaban J connectivity index is 1.66. The molecular weight excluding hydrogens is 512 g/mol. The van der Waals surface area contributed by atoms with Crippen molar-refractivity contribution in [2.75, 3.05) is 19.0 Å². The van der Waals surface area contributed by atoms with Crippen LogP contribution in [-0.4, -0.2) is 46.6 Å². The predicted octanol–water partition coefficient (Wildman–Crippen LogP) is 5.11. The average molecular weight is 543 g/mol. The van der Waals surface area contributed by atoms with E-state index in [9.17, 15) is 14.4 Å². The van der Waals surface area contributed by atoms with E-state index in [2.05, 4.69) is 15.6 Å². The Labute approximate surface area is 231 Å². The molecule has 0 bridgehead atoms. The van der Waals surface area contributed by atoms with Crippen molar-refractivity contribution in [1.29, 1.82) is 0 Å². The van der Waals surface area contributed by atoms with Crippen molar-refractivity contribution in [3.8, 4) is 5.75 Å². The van der Waals surface area contributed by atoms with E-state index in [1.807, 2.05) is 55.5 Å². The van der Waals surface area contributed by atoms with Crippen molar-refractivity contribution in [3.05, 3.63) is 106 Å². The molecule has 10 nitrogen and oxygen atoms in total. The van der Waals surface area contributed by atoms with Gasteiger partial charge in [-0.05, 0) is 61.2 Å². The van der Waals surface area contributed by atoms with Crippen LogP contribution < -0.4 is 10.1 Å². The lowest BCUT2D eigenvalue weighted by Gasteiger charge is -2.15. The van der Waals surface area contributed by atoms with Gasteiger partial charge in [0.05, 0.1) is 25.9 Å². The number of anilines is 1. The number of aryl methyl sites for hydroxylation is 2. The molecule has 40 heavy (non-hydrogen) atoms. The van der Waals surface area contributed by atoms with E-state index in [4.69, 9.17) is 14.2 Å². The summed E-state index contributed by atoms with van der Waals surface area (Å²) < 4.78 is 17.1. The zero-order chi connectivity index (χ0) is 28.6. The van der Waals surface area contributed by atoms with E-state index in [0.29, 0.717) is 11.3 Å². The Kier molecular flexibility index (Phi) is 8.90. The van der Waals surface area contributed by atoms with E-state index in [1.54, 1.807) is 39.2 Å². The van der Waals surface area contributed by atoms with Gasteiger partial charge in [-0.3, -0.25) is 10.1 Å². The van der Waals surface area contributed by atoms with Gasteiger partial charge in [0.1, 0.15) is 12.4 Å². The molecule has 206 valence electrons. The van der Waals surface area contributed by atoms with Crippen molar-refractivity contribution in [2.24, 2.45) is 0 Å². The molecule has 0 aliphatic rings. The fourth-order valence-corrected chi connectivity index (χ4v) is 4.18. The van der Waals surface area contributed by atoms with Crippen LogP contribution in [0.5, 0.6) is 5.75 Å². The number of ether oxygens (including phenoxy) is 3. The molecule has 0 saturated carbocycles. The number of esters is 1. The summed E-state index contributed by atoms with van der Waals surface area (Å²) in [7, 11) is 1.57. The number of methoxy groups -OCH3 is 1. The highest BCUT2D eigenvalue weighted by Crippen LogP contribution is 2.27. The van der Waals surface area contributed by atoms with E-state index in [1.165, 1.54) is 4.68 Å². The fourth-order valence-electron chi connectivity index (χ4n) is 4.18. The Morgan fingerprint density at radius 3 is 2.33 bits per heavy atom. The lowest BCUT2D eigenvalue weighted by molar-refractivity contribution is 0.0509. The van der Waals surface area contributed by atoms with Crippen LogP contribution in [0.4, 0.5) is 10.5 Å². The van der Waals surface area contributed by atoms with Crippen molar-refractivity contribution in [1.82, 2.24) is 15.0 Å². The zero-order valence-corrected chi connectivity index (χ0v) is 22.8. The third kappa shape index (κ3) is 6.52. The highest BCUT2D eigenvalue weighted by molar-refractivity contribution is 6.16. The van der Waals surface area contributed by atoms with E-state index >= 15 is 0 Å². The van der Waals surface area contributed by atoms with Gasteiger partial charge in [-0.15, -0.1) is 5.10 Å². The molecule has 1 N–H and O–H groups in total. The second kappa shape index (κ2) is 12.7. The largest absolute Gasteiger partial charge is 0.497 e. The highest BCUT2D eigenvalue weighted by atomic mass is 16.5. The highest BCUT2D eigenvalue weighted by Gasteiger charge is 2.30. The van der Waals surface area contributed by atoms with Gasteiger partial charge in [0.2, 0.25) is 5.78 Å². The first-order valence-electron chi connectivity index (χ1n) is 12.7. The van der Waals surface area contributed by atoms with E-state index in [0.717, 1.165) is 16.7 Å². The number of amides is 1. The number of hydrogen-bond acceptors (Lipinski definition) is 8. The lowest BCUT2D eigenvalue weighted by atomic mass is 9.98. The third-order valence-corrected chi connectivity index (χ3v) is 6.07. The maximum absolute atomic E-state index is 13.9. The number of ketones is 1. The first kappa shape index (κ1) is 28.0. The van der Waals surface area contributed by atoms with Crippen LogP contribution in [-0.2, 0) is 22.6 Å². The lowest BCUT2D eigenvalue weighted by Crippen LogP contribution is -2.20. The predicted molar refractivity (Wildman–Crippen MR) is 148 cm³/mol. The van der Waals surface area contributed by atoms with Crippen molar-refractivity contribution in [3.63, 3.8) is 0 Å². The van der Waals surface area contributed by atoms with Crippen LogP contribution in [0, 0.1) is 13.8 Å². The summed E-state index contributed by atoms with van der Waals surface area (Å²) in [5, 5.41) is 10.9. The number of aromatic nitrogens is 3. The Bertz CT molecular complexity index is 1510. The van der Waals surface area contributed by atoms with Gasteiger partial charge in [-0.25, -0.2) is 14.3 Å². The summed E-state index contributed by atoms with van der Waals surface area (Å²) in [6, 6.07) is 19.9. The minimum absolute atomic E-state index is 0.0631. The van der Waals surface area contributed by atoms with Crippen molar-refractivity contribution >= 4 is 23.5 Å². The number of hydrogen-bond donors (Lipinski definition) is 1. The van der Waals surface area contributed by atoms with Gasteiger partial charge < -0.3 is 14.2 Å². The molecule has 1 aromatic heterocycles. The topological polar surface area (TPSA) is 122 Å². The monoisotopic (exact) mass is 542 g/mol. The second-order valence-electron chi connectivity index (χ2n) is 9.03. The smallest absolute Gasteiger partial charge is 0.411 e. The molecular formula is C30H30N4O6. The Morgan fingerprint density at radius 2 is 1.65 bits per heavy atom. The minimum Gasteiger partial charge on any atom is -0.497 e. The van der Waals surface area contributed by atoms with Gasteiger partial charge >= 0.3 is 12.1 Å². The number of carbonyl (C=O) groups is 3. The summed E-state index contributed by atoms with van der Waals surface area (Å²) in [6.07, 6.45) is -0.723. The zero-order valence-electron chi connectivity index (χ0n) is 22.8. The van der Waals surface area contributed by atoms with E-state index < -0.39 is 17.8 Å². The number of nitrogens with zero attached hydrogens (tertiary/aromatic N) is 3. The summed E-state index contributed by atoms with van der Waals surface area (Å²) in [6.45, 7) is 5.60. The fraction of sp³-hybridized carbons (Fsp3) is 0.233. The maximum atomic E-state index is 13.9. The van der Waals surface area contributed by atoms with Crippen LogP contribution in [0.1, 0.15) is 55.7 Å². The molecule has 10 heteroatoms. The van der Waals surface area contributed by atoms with Crippen LogP contribution in [0.25, 0.3) is 0 Å². The van der Waals surface area contributed by atoms with Gasteiger partial charge in [-0.1, -0.05) is 53.7 Å². The molecule has 1 amide bonds. The summed E-state index contributed by atoms with van der Waals surface area (Å²) >= 11 is 0. The van der Waals surface area contributed by atoms with E-state index in [-0.39, 0.29) is 42.4 Å². The second-order valence-corrected chi connectivity index (χ2v) is 9.03. The van der Waals surface area contributed by atoms with Gasteiger partial charge in [0.15, 0.2) is 11.4 Å². The first-order chi connectivity index (χ1) is 19.3. The van der Waals surface area contributed by atoms with Gasteiger partial charge in [0.25, 0.3) is 0 Å². The van der Waals surface area contributed by atoms with Crippen LogP contribution in [0.15, 0.2) is 66.7 Å². The molecule has 0 aliphatic carbocycles. The number of nitrogens with one attached hydrogen (secondary N) is 1. The van der Waals surface area contributed by atoms with Crippen LogP contribution in [0.3, 0.4) is 0 Å². The molecule has 1 heterocycles. The van der Waals surface area contributed by atoms with Crippen LogP contribution in [0.2, 0.25) is 0 Å². The van der Waals surface area contributed by atoms with Gasteiger partial charge in [-0.2, -0.15) is 0 Å². The summed E-state index contributed by atoms with van der Waals surface area (Å²) in [5.41, 5.74) is 3.20. The minimum atomic E-state index is -0.731. The molecule has 0 aliphatic heterocycles. The number of rotatable bonds is 10. The van der Waals surface area contributed by atoms with Gasteiger partial charge in [0, 0.05) is 5.56 Å². The molecule has 0 atom stereocenters. The van der Waals surface area contributed by atoms with Crippen LogP contribution >= 0.6 is 0 Å². The maximum Gasteiger partial charge on any atom is 0.411 e. The first-order valence-corrected chi connectivity index (χ1v) is 12.7. The molecule has 0 spiro atoms. The average Bonchev–Trinajstić information content (AvgIpc) is 3.37.